The summed E-state index contributed by atoms with van der Waals surface area (Å²) >= 11 is 1.52. The summed E-state index contributed by atoms with van der Waals surface area (Å²) in [6.45, 7) is 10.2. The fourth-order valence-corrected chi connectivity index (χ4v) is 2.01. The van der Waals surface area contributed by atoms with Gasteiger partial charge in [-0.3, -0.25) is 9.78 Å². The quantitative estimate of drug-likeness (QED) is 0.918. The molecule has 0 saturated heterocycles. The van der Waals surface area contributed by atoms with Crippen LogP contribution in [0, 0.1) is 0 Å². The number of thiazole rings is 1. The number of aryl methyl sites for hydroxylation is 1. The fourth-order valence-electron chi connectivity index (χ4n) is 1.40. The highest BCUT2D eigenvalue weighted by Gasteiger charge is 2.08. The van der Waals surface area contributed by atoms with E-state index in [4.69, 9.17) is 5.73 Å². The first kappa shape index (κ1) is 19.2. The topological polar surface area (TPSA) is 68.9 Å². The molecule has 0 aliphatic heterocycles. The number of pyridine rings is 1. The van der Waals surface area contributed by atoms with Gasteiger partial charge in [0.05, 0.1) is 10.4 Å². The van der Waals surface area contributed by atoms with Crippen LogP contribution in [0.2, 0.25) is 0 Å². The number of aromatic nitrogens is 2. The number of carbonyl (C=O) groups excluding carboxylic acids is 1. The minimum Gasteiger partial charge on any atom is -0.364 e. The molecule has 1 amide bonds. The predicted octanol–water partition coefficient (Wildman–Crippen LogP) is 4.31. The van der Waals surface area contributed by atoms with Crippen LogP contribution in [-0.2, 0) is 6.42 Å². The highest BCUT2D eigenvalue weighted by molar-refractivity contribution is 7.13. The van der Waals surface area contributed by atoms with Crippen LogP contribution < -0.4 is 5.73 Å². The maximum absolute atomic E-state index is 11.1. The third kappa shape index (κ3) is 6.49. The maximum atomic E-state index is 11.1. The zero-order valence-electron chi connectivity index (χ0n) is 13.5. The van der Waals surface area contributed by atoms with Gasteiger partial charge >= 0.3 is 0 Å². The van der Waals surface area contributed by atoms with Crippen molar-refractivity contribution in [3.63, 3.8) is 0 Å². The van der Waals surface area contributed by atoms with Crippen LogP contribution in [0.25, 0.3) is 10.4 Å². The van der Waals surface area contributed by atoms with Crippen molar-refractivity contribution >= 4 is 17.2 Å². The first-order valence-corrected chi connectivity index (χ1v) is 8.19. The molecule has 0 radical (unpaired) electrons. The Balaban J connectivity index is 0.000000713. The molecule has 0 spiro atoms. The van der Waals surface area contributed by atoms with Crippen molar-refractivity contribution in [3.8, 4) is 10.4 Å². The highest BCUT2D eigenvalue weighted by Crippen LogP contribution is 2.24. The summed E-state index contributed by atoms with van der Waals surface area (Å²) < 4.78 is 0. The minimum atomic E-state index is -0.499. The number of primary amides is 1. The van der Waals surface area contributed by atoms with Gasteiger partial charge in [0.25, 0.3) is 5.91 Å². The van der Waals surface area contributed by atoms with Crippen LogP contribution in [-0.4, -0.2) is 15.9 Å². The van der Waals surface area contributed by atoms with E-state index in [1.165, 1.54) is 17.8 Å². The van der Waals surface area contributed by atoms with E-state index in [9.17, 15) is 4.79 Å². The van der Waals surface area contributed by atoms with E-state index in [1.54, 1.807) is 17.8 Å². The third-order valence-corrected chi connectivity index (χ3v) is 3.03. The molecule has 5 heteroatoms. The summed E-state index contributed by atoms with van der Waals surface area (Å²) in [7, 11) is 0. The standard InChI is InChI=1S/C11H11N3OS.C3H8.C2H6/c1-2-8-3-7(10-5-13-6-16-10)4-9(14-8)11(12)15;1-3-2;1-2/h3-6H,2H2,1H3,(H2,12,15);3H2,1-2H3;1-2H3. The summed E-state index contributed by atoms with van der Waals surface area (Å²) in [4.78, 5) is 20.3. The predicted molar refractivity (Wildman–Crippen MR) is 90.6 cm³/mol. The number of carbonyl (C=O) groups is 1. The maximum Gasteiger partial charge on any atom is 0.267 e. The van der Waals surface area contributed by atoms with E-state index in [0.29, 0.717) is 5.69 Å². The van der Waals surface area contributed by atoms with Gasteiger partial charge in [0.15, 0.2) is 0 Å². The van der Waals surface area contributed by atoms with Crippen molar-refractivity contribution in [2.45, 2.75) is 47.5 Å². The number of rotatable bonds is 3. The van der Waals surface area contributed by atoms with Gasteiger partial charge in [0.1, 0.15) is 5.69 Å². The normalized spacial score (nSPS) is 9.00. The first-order valence-electron chi connectivity index (χ1n) is 7.31. The monoisotopic (exact) mass is 307 g/mol. The van der Waals surface area contributed by atoms with E-state index in [0.717, 1.165) is 22.6 Å². The van der Waals surface area contributed by atoms with Crippen molar-refractivity contribution < 1.29 is 4.79 Å². The van der Waals surface area contributed by atoms with E-state index in [1.807, 2.05) is 26.8 Å². The first-order chi connectivity index (χ1) is 10.1. The number of nitrogens with zero attached hydrogens (tertiary/aromatic N) is 2. The summed E-state index contributed by atoms with van der Waals surface area (Å²) in [5.41, 5.74) is 9.12. The Morgan fingerprint density at radius 1 is 1.24 bits per heavy atom. The SMILES string of the molecule is CC.CCC.CCc1cc(-c2cncs2)cc(C(N)=O)n1. The van der Waals surface area contributed by atoms with Crippen LogP contribution in [0.5, 0.6) is 0 Å². The molecule has 2 heterocycles. The van der Waals surface area contributed by atoms with Crippen LogP contribution >= 0.6 is 11.3 Å². The van der Waals surface area contributed by atoms with Gasteiger partial charge in [-0.2, -0.15) is 0 Å². The second-order valence-electron chi connectivity index (χ2n) is 4.02. The Bertz CT molecular complexity index is 524. The largest absolute Gasteiger partial charge is 0.364 e. The van der Waals surface area contributed by atoms with Crippen LogP contribution in [0.1, 0.15) is 57.2 Å². The van der Waals surface area contributed by atoms with Crippen molar-refractivity contribution in [2.24, 2.45) is 5.73 Å². The average molecular weight is 307 g/mol. The second kappa shape index (κ2) is 11.0. The number of amides is 1. The van der Waals surface area contributed by atoms with Gasteiger partial charge in [-0.15, -0.1) is 11.3 Å². The number of hydrogen-bond donors (Lipinski definition) is 1. The van der Waals surface area contributed by atoms with Crippen molar-refractivity contribution in [1.82, 2.24) is 9.97 Å². The molecule has 2 N–H and O–H groups in total. The molecule has 0 aliphatic carbocycles. The number of nitrogens with two attached hydrogens (primary N) is 1. The molecular weight excluding hydrogens is 282 g/mol. The average Bonchev–Trinajstić information content (AvgIpc) is 3.04. The molecule has 0 fully saturated rings. The summed E-state index contributed by atoms with van der Waals surface area (Å²) in [6.07, 6.45) is 3.79. The molecule has 21 heavy (non-hydrogen) atoms. The van der Waals surface area contributed by atoms with E-state index < -0.39 is 5.91 Å². The lowest BCUT2D eigenvalue weighted by molar-refractivity contribution is 0.0995. The Hall–Kier alpha value is -1.75. The smallest absolute Gasteiger partial charge is 0.267 e. The zero-order valence-corrected chi connectivity index (χ0v) is 14.3. The molecule has 2 aromatic heterocycles. The lowest BCUT2D eigenvalue weighted by Crippen LogP contribution is -2.14. The highest BCUT2D eigenvalue weighted by atomic mass is 32.1. The Labute approximate surface area is 131 Å². The van der Waals surface area contributed by atoms with E-state index in [2.05, 4.69) is 23.8 Å². The van der Waals surface area contributed by atoms with Gasteiger partial charge in [-0.1, -0.05) is 41.0 Å². The Morgan fingerprint density at radius 2 is 1.86 bits per heavy atom. The van der Waals surface area contributed by atoms with Gasteiger partial charge < -0.3 is 5.73 Å². The molecule has 2 rings (SSSR count). The molecule has 0 atom stereocenters. The molecule has 116 valence electrons. The van der Waals surface area contributed by atoms with Gasteiger partial charge in [0.2, 0.25) is 0 Å². The summed E-state index contributed by atoms with van der Waals surface area (Å²) in [6, 6.07) is 3.66. The Morgan fingerprint density at radius 3 is 2.29 bits per heavy atom. The molecule has 0 saturated carbocycles. The zero-order chi connectivity index (χ0) is 16.3. The molecule has 0 aliphatic rings. The van der Waals surface area contributed by atoms with Crippen LogP contribution in [0.15, 0.2) is 23.8 Å². The van der Waals surface area contributed by atoms with E-state index in [-0.39, 0.29) is 0 Å². The second-order valence-corrected chi connectivity index (χ2v) is 4.91. The molecule has 0 aromatic carbocycles. The third-order valence-electron chi connectivity index (χ3n) is 2.21. The molecular formula is C16H25N3OS. The van der Waals surface area contributed by atoms with Gasteiger partial charge in [0, 0.05) is 11.9 Å². The molecule has 2 aromatic rings. The minimum absolute atomic E-state index is 0.308. The van der Waals surface area contributed by atoms with Crippen molar-refractivity contribution in [3.05, 3.63) is 35.2 Å². The number of hydrogen-bond acceptors (Lipinski definition) is 4. The van der Waals surface area contributed by atoms with Crippen LogP contribution in [0.4, 0.5) is 0 Å². The fraction of sp³-hybridized carbons (Fsp3) is 0.438. The van der Waals surface area contributed by atoms with Gasteiger partial charge in [-0.05, 0) is 24.1 Å². The Kier molecular flexibility index (Phi) is 10.1. The molecule has 4 nitrogen and oxygen atoms in total. The van der Waals surface area contributed by atoms with E-state index >= 15 is 0 Å². The molecule has 0 bridgehead atoms. The summed E-state index contributed by atoms with van der Waals surface area (Å²) in [5, 5.41) is 0. The lowest BCUT2D eigenvalue weighted by atomic mass is 10.1. The summed E-state index contributed by atoms with van der Waals surface area (Å²) in [5.74, 6) is -0.499. The van der Waals surface area contributed by atoms with Crippen molar-refractivity contribution in [1.29, 1.82) is 0 Å². The lowest BCUT2D eigenvalue weighted by Gasteiger charge is -2.03. The molecule has 0 unspecified atom stereocenters. The van der Waals surface area contributed by atoms with Crippen LogP contribution in [0.3, 0.4) is 0 Å². The van der Waals surface area contributed by atoms with Crippen molar-refractivity contribution in [2.75, 3.05) is 0 Å². The van der Waals surface area contributed by atoms with Gasteiger partial charge in [-0.25, -0.2) is 4.98 Å².